The molecule has 1 saturated carbocycles. The number of unbranched alkanes of at least 4 members (excludes halogenated alkanes) is 1. The van der Waals surface area contributed by atoms with E-state index in [1.54, 1.807) is 53.4 Å². The number of phosphoric acid groups is 1. The maximum absolute atomic E-state index is 12.3. The fourth-order valence-corrected chi connectivity index (χ4v) is 9.21. The molecule has 0 unspecified atom stereocenters. The molecule has 24 heteroatoms. The highest BCUT2D eigenvalue weighted by molar-refractivity contribution is 7.81. The molecule has 3 heterocycles. The average Bonchev–Trinajstić information content (AvgIpc) is 4.03. The predicted octanol–water partition coefficient (Wildman–Crippen LogP) is 2.52. The third-order valence-electron chi connectivity index (χ3n) is 11.7. The number of benzene rings is 1. The number of aliphatic hydroxyl groups is 3. The van der Waals surface area contributed by atoms with Crippen LogP contribution in [0.3, 0.4) is 0 Å². The highest BCUT2D eigenvalue weighted by atomic mass is 32.1. The lowest BCUT2D eigenvalue weighted by molar-refractivity contribution is -0.148. The quantitative estimate of drug-likeness (QED) is 0.0122. The number of allylic oxidation sites excluding steroid dienone is 4. The van der Waals surface area contributed by atoms with Gasteiger partial charge in [-0.3, -0.25) is 9.32 Å². The Morgan fingerprint density at radius 3 is 2.58 bits per heavy atom. The van der Waals surface area contributed by atoms with Gasteiger partial charge >= 0.3 is 19.8 Å². The summed E-state index contributed by atoms with van der Waals surface area (Å²) in [6.07, 6.45) is 14.9. The van der Waals surface area contributed by atoms with Gasteiger partial charge in [-0.1, -0.05) is 66.3 Å². The van der Waals surface area contributed by atoms with Gasteiger partial charge in [0.25, 0.3) is 0 Å². The monoisotopic (exact) mass is 1050 g/mol. The summed E-state index contributed by atoms with van der Waals surface area (Å²) in [5.41, 5.74) is -0.601. The zero-order valence-electron chi connectivity index (χ0n) is 40.3. The summed E-state index contributed by atoms with van der Waals surface area (Å²) in [5.74, 6) is 0.257. The van der Waals surface area contributed by atoms with Crippen molar-refractivity contribution in [2.45, 2.75) is 113 Å². The van der Waals surface area contributed by atoms with Crippen LogP contribution in [0.1, 0.15) is 56.7 Å². The number of cyclic esters (lactones) is 1. The van der Waals surface area contributed by atoms with E-state index in [0.29, 0.717) is 76.5 Å². The minimum Gasteiger partial charge on any atom is -0.491 e. The Labute approximate surface area is 424 Å². The number of phosphoric ester groups is 1. The number of nitrogens with zero attached hydrogens (tertiary/aromatic N) is 3. The van der Waals surface area contributed by atoms with Gasteiger partial charge in [-0.25, -0.2) is 18.8 Å². The number of hydrogen-bond acceptors (Lipinski definition) is 17. The third kappa shape index (κ3) is 21.4. The van der Waals surface area contributed by atoms with Gasteiger partial charge < -0.3 is 69.5 Å². The van der Waals surface area contributed by atoms with Crippen LogP contribution in [-0.4, -0.2) is 158 Å². The number of carbonyl (C=O) groups excluding carboxylic acids is 3. The highest BCUT2D eigenvalue weighted by Gasteiger charge is 2.46. The van der Waals surface area contributed by atoms with Gasteiger partial charge in [-0.2, -0.15) is 12.6 Å². The fraction of sp³-hybridized carbons (Fsp3) is 0.562. The number of amides is 3. The number of aromatic nitrogens is 3. The molecule has 2 fully saturated rings. The Morgan fingerprint density at radius 2 is 1.79 bits per heavy atom. The summed E-state index contributed by atoms with van der Waals surface area (Å²) in [5, 5.41) is 47.9. The summed E-state index contributed by atoms with van der Waals surface area (Å²) in [4.78, 5) is 55.1. The van der Waals surface area contributed by atoms with Gasteiger partial charge in [0.1, 0.15) is 35.9 Å². The Kier molecular flexibility index (Phi) is 24.6. The van der Waals surface area contributed by atoms with Crippen LogP contribution < -0.4 is 20.7 Å². The summed E-state index contributed by atoms with van der Waals surface area (Å²) in [7, 11) is -5.11. The maximum atomic E-state index is 12.3. The molecule has 3 amide bonds. The lowest BCUT2D eigenvalue weighted by Gasteiger charge is -2.32. The summed E-state index contributed by atoms with van der Waals surface area (Å²) in [6.45, 7) is 4.50. The van der Waals surface area contributed by atoms with Crippen LogP contribution in [0, 0.1) is 5.92 Å². The van der Waals surface area contributed by atoms with Crippen molar-refractivity contribution in [2.24, 2.45) is 5.92 Å². The largest absolute Gasteiger partial charge is 0.491 e. The van der Waals surface area contributed by atoms with E-state index >= 15 is 0 Å². The molecule has 0 bridgehead atoms. The van der Waals surface area contributed by atoms with Crippen LogP contribution in [0.2, 0.25) is 0 Å². The summed E-state index contributed by atoms with van der Waals surface area (Å²) in [6, 6.07) is 7.33. The molecule has 9 atom stereocenters. The lowest BCUT2D eigenvalue weighted by atomic mass is 9.92. The molecule has 1 aliphatic carbocycles. The number of hydrogen-bond donors (Lipinski definition) is 9. The summed E-state index contributed by atoms with van der Waals surface area (Å²) >= 11 is 4.71. The molecule has 3 aliphatic rings. The van der Waals surface area contributed by atoms with E-state index in [1.165, 1.54) is 49.5 Å². The molecule has 8 N–H and O–H groups in total. The van der Waals surface area contributed by atoms with Crippen molar-refractivity contribution < 1.29 is 77.0 Å². The Hall–Kier alpha value is -4.75. The van der Waals surface area contributed by atoms with Gasteiger partial charge in [0.15, 0.2) is 6.10 Å². The van der Waals surface area contributed by atoms with E-state index < -0.39 is 50.2 Å². The van der Waals surface area contributed by atoms with Crippen LogP contribution in [0.25, 0.3) is 0 Å². The molecule has 2 aromatic rings. The maximum Gasteiger partial charge on any atom is 0.469 e. The number of nitrogens with one attached hydrogen (secondary N) is 3. The predicted molar refractivity (Wildman–Crippen MR) is 264 cm³/mol. The number of ether oxygens (including phenoxy) is 6. The van der Waals surface area contributed by atoms with Gasteiger partial charge in [0, 0.05) is 30.7 Å². The van der Waals surface area contributed by atoms with Crippen LogP contribution in [0.4, 0.5) is 4.79 Å². The Balaban J connectivity index is 0.893. The van der Waals surface area contributed by atoms with Crippen LogP contribution >= 0.6 is 20.5 Å². The standard InChI is InChI=1S/C48H69N6O16PS/c1-48(60,43(70-71(61,62)63)29-36(56)9-5-3-2-4-8-22-55)19-18-41-40(16-17-45(58)69-41)68-32-34-12-14-37(15-13-34)67-28-27-65-25-26-66-33-35-31-54(53-52-35)21-24-64-23-20-49-44(57)11-7-6-10-38-42(72)30-39-46(38)51-47(59)50-39/h2-5,8-9,12-19,31,36,38-43,46,55-56,60,72H,6-7,10-11,20-30,32-33H2,1H3,(H,49,57)(H2,50,51,59)(H2,61,62,63)/b3-2-,8-4+,9-5-,19-18+/t36-,38+,39-,40-,41-,42+,43+,46+,48-/m0/s1. The number of rotatable bonds is 34. The molecule has 0 radical (unpaired) electrons. The average molecular weight is 1050 g/mol. The van der Waals surface area contributed by atoms with E-state index in [2.05, 4.69) is 26.3 Å². The molecular formula is C48H69N6O16PS. The lowest BCUT2D eigenvalue weighted by Crippen LogP contribution is -2.42. The minimum absolute atomic E-state index is 0.00721. The van der Waals surface area contributed by atoms with Gasteiger partial charge in [-0.05, 0) is 62.0 Å². The van der Waals surface area contributed by atoms with Crippen molar-refractivity contribution in [1.29, 1.82) is 0 Å². The normalized spacial score (nSPS) is 22.9. The highest BCUT2D eigenvalue weighted by Crippen LogP contribution is 2.42. The number of carbonyl (C=O) groups is 3. The van der Waals surface area contributed by atoms with Crippen LogP contribution in [-0.2, 0) is 62.1 Å². The second-order valence-corrected chi connectivity index (χ2v) is 19.3. The number of thiol groups is 1. The van der Waals surface area contributed by atoms with Gasteiger partial charge in [0.2, 0.25) is 5.91 Å². The van der Waals surface area contributed by atoms with Crippen molar-refractivity contribution in [2.75, 3.05) is 52.8 Å². The molecule has 1 saturated heterocycles. The number of aliphatic hydroxyl groups excluding tert-OH is 2. The summed E-state index contributed by atoms with van der Waals surface area (Å²) < 4.78 is 52.5. The van der Waals surface area contributed by atoms with Crippen molar-refractivity contribution in [3.05, 3.63) is 102 Å². The van der Waals surface area contributed by atoms with E-state index in [-0.39, 0.29) is 49.1 Å². The second kappa shape index (κ2) is 30.4. The van der Waals surface area contributed by atoms with Crippen molar-refractivity contribution >= 4 is 38.4 Å². The first-order valence-electron chi connectivity index (χ1n) is 23.9. The minimum atomic E-state index is -5.11. The molecule has 1 aromatic heterocycles. The molecule has 0 spiro atoms. The van der Waals surface area contributed by atoms with E-state index in [4.69, 9.17) is 50.7 Å². The molecule has 1 aromatic carbocycles. The number of esters is 1. The number of urea groups is 1. The topological polar surface area (TPSA) is 301 Å². The second-order valence-electron chi connectivity index (χ2n) is 17.4. The Morgan fingerprint density at radius 1 is 1.03 bits per heavy atom. The van der Waals surface area contributed by atoms with Crippen molar-refractivity contribution in [3.8, 4) is 5.75 Å². The van der Waals surface area contributed by atoms with Gasteiger partial charge in [0.05, 0.1) is 83.8 Å². The molecule has 5 rings (SSSR count). The van der Waals surface area contributed by atoms with E-state index in [9.17, 15) is 38.9 Å². The molecule has 2 aliphatic heterocycles. The first-order valence-corrected chi connectivity index (χ1v) is 25.9. The first-order chi connectivity index (χ1) is 34.6. The first kappa shape index (κ1) is 58.1. The van der Waals surface area contributed by atoms with Crippen molar-refractivity contribution in [1.82, 2.24) is 30.9 Å². The van der Waals surface area contributed by atoms with Crippen LogP contribution in [0.15, 0.2) is 91.2 Å². The molecular weight excluding hydrogens is 980 g/mol. The van der Waals surface area contributed by atoms with E-state index in [0.717, 1.165) is 31.2 Å². The van der Waals surface area contributed by atoms with Crippen molar-refractivity contribution in [3.63, 3.8) is 0 Å². The van der Waals surface area contributed by atoms with Gasteiger partial charge in [-0.15, -0.1) is 5.10 Å². The zero-order chi connectivity index (χ0) is 51.8. The fourth-order valence-electron chi connectivity index (χ4n) is 8.02. The van der Waals surface area contributed by atoms with E-state index in [1.807, 2.05) is 0 Å². The molecule has 72 heavy (non-hydrogen) atoms. The zero-order valence-corrected chi connectivity index (χ0v) is 42.1. The number of fused-ring (bicyclic) bond motifs is 1. The third-order valence-corrected chi connectivity index (χ3v) is 12.8. The SMILES string of the molecule is C[C@](O)(/C=C/[C@@H]1OC(=O)C=C[C@@H]1OCc1ccc(OCCOCCOCc2cn(CCOCCNC(=O)CCCC[C@H]3[C@H]4NC(=O)N[C@H]4C[C@H]3S)nn2)cc1)[C@@H](C[C@@H](O)\C=C/C=C\C=C\CO)OP(=O)(O)O. The molecule has 22 nitrogen and oxygen atoms in total. The Bertz CT molecular complexity index is 2190. The molecule has 398 valence electrons. The van der Waals surface area contributed by atoms with Crippen LogP contribution in [0.5, 0.6) is 5.75 Å². The smallest absolute Gasteiger partial charge is 0.469 e.